The van der Waals surface area contributed by atoms with Gasteiger partial charge in [0.15, 0.2) is 0 Å². The Kier molecular flexibility index (Phi) is 7.57. The highest BCUT2D eigenvalue weighted by Crippen LogP contribution is 2.30. The largest absolute Gasteiger partial charge is 0.496 e. The first kappa shape index (κ1) is 24.9. The van der Waals surface area contributed by atoms with Gasteiger partial charge in [-0.3, -0.25) is 4.79 Å². The minimum absolute atomic E-state index is 0.0292. The van der Waals surface area contributed by atoms with Crippen LogP contribution in [0.1, 0.15) is 52.9 Å². The summed E-state index contributed by atoms with van der Waals surface area (Å²) in [6.45, 7) is 5.45. The molecule has 3 aromatic rings. The normalized spacial score (nSPS) is 15.6. The van der Waals surface area contributed by atoms with E-state index in [4.69, 9.17) is 4.74 Å². The lowest BCUT2D eigenvalue weighted by atomic mass is 9.96. The Morgan fingerprint density at radius 1 is 1.00 bits per heavy atom. The molecule has 3 aromatic carbocycles. The van der Waals surface area contributed by atoms with Crippen molar-refractivity contribution in [3.8, 4) is 5.75 Å². The zero-order valence-electron chi connectivity index (χ0n) is 20.4. The molecule has 1 heterocycles. The van der Waals surface area contributed by atoms with Gasteiger partial charge in [-0.2, -0.15) is 4.72 Å². The third-order valence-electron chi connectivity index (χ3n) is 6.69. The van der Waals surface area contributed by atoms with Crippen LogP contribution in [0, 0.1) is 12.8 Å². The third-order valence-corrected chi connectivity index (χ3v) is 8.11. The molecule has 7 heteroatoms. The number of hydrogen-bond acceptors (Lipinski definition) is 4. The third kappa shape index (κ3) is 5.57. The molecule has 35 heavy (non-hydrogen) atoms. The summed E-state index contributed by atoms with van der Waals surface area (Å²) in [5, 5.41) is 0. The monoisotopic (exact) mass is 492 g/mol. The molecule has 0 aliphatic carbocycles. The Hall–Kier alpha value is -3.16. The maximum absolute atomic E-state index is 13.6. The number of aryl methyl sites for hydroxylation is 1. The van der Waals surface area contributed by atoms with Crippen LogP contribution in [0.2, 0.25) is 0 Å². The number of nitrogens with zero attached hydrogens (tertiary/aromatic N) is 1. The van der Waals surface area contributed by atoms with Gasteiger partial charge in [0.1, 0.15) is 5.75 Å². The molecule has 1 atom stereocenters. The van der Waals surface area contributed by atoms with Crippen LogP contribution in [0.4, 0.5) is 0 Å². The lowest BCUT2D eigenvalue weighted by Gasteiger charge is -2.30. The molecule has 184 valence electrons. The van der Waals surface area contributed by atoms with Crippen LogP contribution in [-0.2, 0) is 10.0 Å². The van der Waals surface area contributed by atoms with E-state index >= 15 is 0 Å². The van der Waals surface area contributed by atoms with Crippen molar-refractivity contribution in [1.29, 1.82) is 0 Å². The molecular formula is C28H32N2O4S. The van der Waals surface area contributed by atoms with Crippen molar-refractivity contribution in [3.05, 3.63) is 95.1 Å². The van der Waals surface area contributed by atoms with E-state index in [-0.39, 0.29) is 16.4 Å². The topological polar surface area (TPSA) is 75.7 Å². The lowest BCUT2D eigenvalue weighted by molar-refractivity contribution is 0.0693. The number of likely N-dealkylation sites (tertiary alicyclic amines) is 1. The number of piperidine rings is 1. The molecule has 0 bridgehead atoms. The predicted molar refractivity (Wildman–Crippen MR) is 137 cm³/mol. The highest BCUT2D eigenvalue weighted by Gasteiger charge is 2.28. The van der Waals surface area contributed by atoms with Crippen LogP contribution in [0.3, 0.4) is 0 Å². The van der Waals surface area contributed by atoms with Crippen molar-refractivity contribution in [3.63, 3.8) is 0 Å². The fraction of sp³-hybridized carbons (Fsp3) is 0.321. The van der Waals surface area contributed by atoms with E-state index < -0.39 is 16.1 Å². The van der Waals surface area contributed by atoms with Gasteiger partial charge in [-0.05, 0) is 60.6 Å². The molecule has 1 aliphatic rings. The van der Waals surface area contributed by atoms with Crippen molar-refractivity contribution in [2.75, 3.05) is 20.2 Å². The zero-order valence-corrected chi connectivity index (χ0v) is 21.2. The van der Waals surface area contributed by atoms with Crippen LogP contribution in [0.15, 0.2) is 77.7 Å². The second-order valence-corrected chi connectivity index (χ2v) is 10.9. The predicted octanol–water partition coefficient (Wildman–Crippen LogP) is 4.94. The van der Waals surface area contributed by atoms with Crippen LogP contribution in [0.25, 0.3) is 0 Å². The van der Waals surface area contributed by atoms with Gasteiger partial charge in [-0.15, -0.1) is 0 Å². The number of nitrogens with one attached hydrogen (secondary N) is 1. The lowest BCUT2D eigenvalue weighted by Crippen LogP contribution is -2.38. The molecule has 0 spiro atoms. The van der Waals surface area contributed by atoms with E-state index in [2.05, 4.69) is 11.6 Å². The van der Waals surface area contributed by atoms with E-state index in [0.29, 0.717) is 24.8 Å². The molecule has 0 radical (unpaired) electrons. The Bertz CT molecular complexity index is 1280. The molecule has 0 unspecified atom stereocenters. The van der Waals surface area contributed by atoms with E-state index in [9.17, 15) is 13.2 Å². The highest BCUT2D eigenvalue weighted by molar-refractivity contribution is 7.89. The summed E-state index contributed by atoms with van der Waals surface area (Å²) in [7, 11) is -2.48. The average molecular weight is 493 g/mol. The molecule has 1 N–H and O–H groups in total. The van der Waals surface area contributed by atoms with Gasteiger partial charge in [0.2, 0.25) is 10.0 Å². The molecule has 6 nitrogen and oxygen atoms in total. The van der Waals surface area contributed by atoms with Crippen LogP contribution in [-0.4, -0.2) is 39.4 Å². The van der Waals surface area contributed by atoms with Crippen molar-refractivity contribution >= 4 is 15.9 Å². The summed E-state index contributed by atoms with van der Waals surface area (Å²) in [5.74, 6) is 0.739. The summed E-state index contributed by atoms with van der Waals surface area (Å²) in [6, 6.07) is 21.1. The van der Waals surface area contributed by atoms with Gasteiger partial charge >= 0.3 is 0 Å². The maximum atomic E-state index is 13.6. The SMILES string of the molecule is COc1ccc(S(=O)(=O)N[C@H](c2ccccc2)c2ccccc2C)cc1C(=O)N1CCC(C)CC1. The molecular weight excluding hydrogens is 460 g/mol. The van der Waals surface area contributed by atoms with Crippen molar-refractivity contribution in [2.24, 2.45) is 5.92 Å². The number of methoxy groups -OCH3 is 1. The quantitative estimate of drug-likeness (QED) is 0.507. The van der Waals surface area contributed by atoms with Gasteiger partial charge in [-0.25, -0.2) is 8.42 Å². The van der Waals surface area contributed by atoms with E-state index in [1.165, 1.54) is 19.2 Å². The summed E-state index contributed by atoms with van der Waals surface area (Å²) in [4.78, 5) is 15.1. The fourth-order valence-electron chi connectivity index (χ4n) is 4.49. The number of carbonyl (C=O) groups excluding carboxylic acids is 1. The summed E-state index contributed by atoms with van der Waals surface area (Å²) in [5.41, 5.74) is 2.94. The van der Waals surface area contributed by atoms with Crippen LogP contribution in [0.5, 0.6) is 5.75 Å². The first-order chi connectivity index (χ1) is 16.8. The Morgan fingerprint density at radius 3 is 2.31 bits per heavy atom. The van der Waals surface area contributed by atoms with E-state index in [1.54, 1.807) is 11.0 Å². The van der Waals surface area contributed by atoms with Gasteiger partial charge in [0.05, 0.1) is 23.6 Å². The molecule has 1 aliphatic heterocycles. The second-order valence-electron chi connectivity index (χ2n) is 9.16. The minimum Gasteiger partial charge on any atom is -0.496 e. The number of benzene rings is 3. The number of rotatable bonds is 7. The minimum atomic E-state index is -3.97. The number of sulfonamides is 1. The smallest absolute Gasteiger partial charge is 0.257 e. The summed E-state index contributed by atoms with van der Waals surface area (Å²) < 4.78 is 35.5. The van der Waals surface area contributed by atoms with Crippen molar-refractivity contribution in [1.82, 2.24) is 9.62 Å². The molecule has 0 aromatic heterocycles. The van der Waals surface area contributed by atoms with Gasteiger partial charge in [-0.1, -0.05) is 61.5 Å². The van der Waals surface area contributed by atoms with E-state index in [1.807, 2.05) is 61.5 Å². The number of carbonyl (C=O) groups is 1. The maximum Gasteiger partial charge on any atom is 0.257 e. The standard InChI is InChI=1S/C28H32N2O4S/c1-20-15-17-30(18-16-20)28(31)25-19-23(13-14-26(25)34-3)35(32,33)29-27(22-10-5-4-6-11-22)24-12-8-7-9-21(24)2/h4-14,19-20,27,29H,15-18H2,1-3H3/t27-/m1/s1. The van der Waals surface area contributed by atoms with Crippen molar-refractivity contribution < 1.29 is 17.9 Å². The summed E-state index contributed by atoms with van der Waals surface area (Å²) >= 11 is 0. The molecule has 1 saturated heterocycles. The van der Waals surface area contributed by atoms with Gasteiger partial charge < -0.3 is 9.64 Å². The molecule has 1 fully saturated rings. The van der Waals surface area contributed by atoms with Crippen LogP contribution >= 0.6 is 0 Å². The summed E-state index contributed by atoms with van der Waals surface area (Å²) in [6.07, 6.45) is 1.87. The van der Waals surface area contributed by atoms with Crippen LogP contribution < -0.4 is 9.46 Å². The number of hydrogen-bond donors (Lipinski definition) is 1. The average Bonchev–Trinajstić information content (AvgIpc) is 2.88. The highest BCUT2D eigenvalue weighted by atomic mass is 32.2. The van der Waals surface area contributed by atoms with Crippen molar-refractivity contribution in [2.45, 2.75) is 37.6 Å². The Balaban J connectivity index is 1.70. The second kappa shape index (κ2) is 10.6. The fourth-order valence-corrected chi connectivity index (χ4v) is 5.72. The van der Waals surface area contributed by atoms with E-state index in [0.717, 1.165) is 29.5 Å². The van der Waals surface area contributed by atoms with Gasteiger partial charge in [0, 0.05) is 13.1 Å². The first-order valence-electron chi connectivity index (χ1n) is 11.9. The molecule has 4 rings (SSSR count). The first-order valence-corrected chi connectivity index (χ1v) is 13.4. The number of ether oxygens (including phenoxy) is 1. The zero-order chi connectivity index (χ0) is 25.0. The Labute approximate surface area is 208 Å². The molecule has 0 saturated carbocycles. The number of amides is 1. The molecule has 1 amide bonds. The Morgan fingerprint density at radius 2 is 1.66 bits per heavy atom. The van der Waals surface area contributed by atoms with Gasteiger partial charge in [0.25, 0.3) is 5.91 Å².